The Balaban J connectivity index is 3.42. The lowest BCUT2D eigenvalue weighted by atomic mass is 10.00. The molecule has 0 bridgehead atoms. The number of nitrogens with two attached hydrogens (primary N) is 1. The highest BCUT2D eigenvalue weighted by Crippen LogP contribution is 2.37. The summed E-state index contributed by atoms with van der Waals surface area (Å²) in [7, 11) is 1.55. The van der Waals surface area contributed by atoms with Crippen molar-refractivity contribution >= 4 is 0 Å². The first-order chi connectivity index (χ1) is 6.49. The van der Waals surface area contributed by atoms with Gasteiger partial charge < -0.3 is 15.6 Å². The second kappa shape index (κ2) is 3.88. The van der Waals surface area contributed by atoms with Crippen LogP contribution < -0.4 is 10.5 Å². The fraction of sp³-hybridized carbons (Fsp3) is 0.455. The monoisotopic (exact) mass is 195 g/mol. The summed E-state index contributed by atoms with van der Waals surface area (Å²) in [6.07, 6.45) is 0. The Labute approximate surface area is 84.5 Å². The highest BCUT2D eigenvalue weighted by molar-refractivity contribution is 5.54. The summed E-state index contributed by atoms with van der Waals surface area (Å²) in [5.74, 6) is 0.683. The molecule has 0 aromatic heterocycles. The second-order valence-electron chi connectivity index (χ2n) is 3.58. The molecular formula is C11H17NO2. The molecule has 0 unspecified atom stereocenters. The van der Waals surface area contributed by atoms with Gasteiger partial charge in [0.15, 0.2) is 11.5 Å². The van der Waals surface area contributed by atoms with Crippen LogP contribution in [0.2, 0.25) is 0 Å². The van der Waals surface area contributed by atoms with Crippen LogP contribution in [-0.4, -0.2) is 12.2 Å². The molecule has 0 aliphatic heterocycles. The average Bonchev–Trinajstić information content (AvgIpc) is 2.12. The molecule has 0 amide bonds. The molecule has 78 valence electrons. The third-order valence-electron chi connectivity index (χ3n) is 2.49. The van der Waals surface area contributed by atoms with Crippen molar-refractivity contribution in [2.24, 2.45) is 5.73 Å². The first kappa shape index (κ1) is 10.9. The molecule has 0 saturated heterocycles. The summed E-state index contributed by atoms with van der Waals surface area (Å²) >= 11 is 0. The number of hydrogen-bond donors (Lipinski definition) is 2. The minimum Gasteiger partial charge on any atom is -0.504 e. The van der Waals surface area contributed by atoms with E-state index in [0.717, 1.165) is 16.7 Å². The Morgan fingerprint density at radius 2 is 2.00 bits per heavy atom. The standard InChI is InChI=1S/C11H17NO2/c1-6-5-9(8(3)12)10(13)11(14-4)7(6)2/h5,8,13H,12H2,1-4H3/t8-/m0/s1. The Morgan fingerprint density at radius 3 is 2.43 bits per heavy atom. The van der Waals surface area contributed by atoms with Gasteiger partial charge in [0.05, 0.1) is 7.11 Å². The van der Waals surface area contributed by atoms with Crippen molar-refractivity contribution in [2.75, 3.05) is 7.11 Å². The van der Waals surface area contributed by atoms with Gasteiger partial charge in [-0.05, 0) is 31.9 Å². The van der Waals surface area contributed by atoms with Crippen LogP contribution in [0.1, 0.15) is 29.7 Å². The predicted molar refractivity (Wildman–Crippen MR) is 56.7 cm³/mol. The molecule has 0 aliphatic carbocycles. The number of rotatable bonds is 2. The van der Waals surface area contributed by atoms with E-state index in [1.807, 2.05) is 26.8 Å². The molecule has 0 spiro atoms. The summed E-state index contributed by atoms with van der Waals surface area (Å²) in [4.78, 5) is 0. The SMILES string of the molecule is COc1c(C)c(C)cc([C@H](C)N)c1O. The molecule has 0 aliphatic rings. The van der Waals surface area contributed by atoms with Gasteiger partial charge in [-0.25, -0.2) is 0 Å². The molecule has 0 fully saturated rings. The van der Waals surface area contributed by atoms with Crippen LogP contribution in [0.15, 0.2) is 6.07 Å². The minimum atomic E-state index is -0.191. The van der Waals surface area contributed by atoms with Crippen molar-refractivity contribution in [1.29, 1.82) is 0 Å². The van der Waals surface area contributed by atoms with E-state index in [1.54, 1.807) is 7.11 Å². The first-order valence-corrected chi connectivity index (χ1v) is 4.61. The van der Waals surface area contributed by atoms with E-state index in [4.69, 9.17) is 10.5 Å². The number of hydrogen-bond acceptors (Lipinski definition) is 3. The van der Waals surface area contributed by atoms with E-state index in [0.29, 0.717) is 5.75 Å². The Hall–Kier alpha value is -1.22. The van der Waals surface area contributed by atoms with Gasteiger partial charge in [-0.2, -0.15) is 0 Å². The Morgan fingerprint density at radius 1 is 1.43 bits per heavy atom. The van der Waals surface area contributed by atoms with Crippen LogP contribution in [0.5, 0.6) is 11.5 Å². The van der Waals surface area contributed by atoms with Crippen molar-refractivity contribution in [1.82, 2.24) is 0 Å². The van der Waals surface area contributed by atoms with Gasteiger partial charge >= 0.3 is 0 Å². The number of aryl methyl sites for hydroxylation is 1. The van der Waals surface area contributed by atoms with Crippen LogP contribution in [0, 0.1) is 13.8 Å². The number of ether oxygens (including phenoxy) is 1. The normalized spacial score (nSPS) is 12.6. The number of aromatic hydroxyl groups is 1. The lowest BCUT2D eigenvalue weighted by Crippen LogP contribution is -2.07. The van der Waals surface area contributed by atoms with Crippen molar-refractivity contribution in [3.05, 3.63) is 22.8 Å². The third-order valence-corrected chi connectivity index (χ3v) is 2.49. The predicted octanol–water partition coefficient (Wildman–Crippen LogP) is 2.04. The fourth-order valence-corrected chi connectivity index (χ4v) is 1.49. The minimum absolute atomic E-state index is 0.158. The largest absolute Gasteiger partial charge is 0.504 e. The number of benzene rings is 1. The summed E-state index contributed by atoms with van der Waals surface area (Å²) < 4.78 is 5.14. The van der Waals surface area contributed by atoms with Crippen LogP contribution in [0.25, 0.3) is 0 Å². The average molecular weight is 195 g/mol. The maximum absolute atomic E-state index is 9.86. The van der Waals surface area contributed by atoms with Gasteiger partial charge in [0.1, 0.15) is 0 Å². The highest BCUT2D eigenvalue weighted by Gasteiger charge is 2.15. The van der Waals surface area contributed by atoms with Crippen molar-refractivity contribution in [3.63, 3.8) is 0 Å². The van der Waals surface area contributed by atoms with Crippen molar-refractivity contribution < 1.29 is 9.84 Å². The first-order valence-electron chi connectivity index (χ1n) is 4.61. The van der Waals surface area contributed by atoms with Gasteiger partial charge in [0.25, 0.3) is 0 Å². The fourth-order valence-electron chi connectivity index (χ4n) is 1.49. The molecule has 0 saturated carbocycles. The van der Waals surface area contributed by atoms with Crippen LogP contribution in [0.4, 0.5) is 0 Å². The quantitative estimate of drug-likeness (QED) is 0.759. The highest BCUT2D eigenvalue weighted by atomic mass is 16.5. The molecule has 1 atom stereocenters. The van der Waals surface area contributed by atoms with E-state index in [1.165, 1.54) is 0 Å². The van der Waals surface area contributed by atoms with Gasteiger partial charge in [0, 0.05) is 11.6 Å². The molecule has 0 radical (unpaired) electrons. The van der Waals surface area contributed by atoms with E-state index < -0.39 is 0 Å². The molecule has 0 heterocycles. The molecule has 3 N–H and O–H groups in total. The third kappa shape index (κ3) is 1.68. The van der Waals surface area contributed by atoms with Gasteiger partial charge in [-0.1, -0.05) is 6.07 Å². The summed E-state index contributed by atoms with van der Waals surface area (Å²) in [5, 5.41) is 9.86. The molecule has 3 nitrogen and oxygen atoms in total. The van der Waals surface area contributed by atoms with Crippen LogP contribution >= 0.6 is 0 Å². The van der Waals surface area contributed by atoms with Gasteiger partial charge in [-0.3, -0.25) is 0 Å². The van der Waals surface area contributed by atoms with Crippen molar-refractivity contribution in [3.8, 4) is 11.5 Å². The zero-order chi connectivity index (χ0) is 10.9. The molecular weight excluding hydrogens is 178 g/mol. The van der Waals surface area contributed by atoms with E-state index in [-0.39, 0.29) is 11.8 Å². The lowest BCUT2D eigenvalue weighted by molar-refractivity contribution is 0.366. The Bertz CT molecular complexity index is 346. The summed E-state index contributed by atoms with van der Waals surface area (Å²) in [6, 6.07) is 1.71. The molecule has 1 aromatic carbocycles. The number of phenols is 1. The van der Waals surface area contributed by atoms with E-state index >= 15 is 0 Å². The zero-order valence-corrected chi connectivity index (χ0v) is 9.09. The van der Waals surface area contributed by atoms with Gasteiger partial charge in [0.2, 0.25) is 0 Å². The van der Waals surface area contributed by atoms with Gasteiger partial charge in [-0.15, -0.1) is 0 Å². The molecule has 1 rings (SSSR count). The van der Waals surface area contributed by atoms with Crippen molar-refractivity contribution in [2.45, 2.75) is 26.8 Å². The van der Waals surface area contributed by atoms with Crippen LogP contribution in [-0.2, 0) is 0 Å². The lowest BCUT2D eigenvalue weighted by Gasteiger charge is -2.16. The smallest absolute Gasteiger partial charge is 0.163 e. The number of phenolic OH excluding ortho intramolecular Hbond substituents is 1. The molecule has 3 heteroatoms. The van der Waals surface area contributed by atoms with E-state index in [2.05, 4.69) is 0 Å². The number of methoxy groups -OCH3 is 1. The molecule has 14 heavy (non-hydrogen) atoms. The second-order valence-corrected chi connectivity index (χ2v) is 3.58. The topological polar surface area (TPSA) is 55.5 Å². The summed E-state index contributed by atoms with van der Waals surface area (Å²) in [5.41, 5.74) is 8.50. The maximum Gasteiger partial charge on any atom is 0.163 e. The molecule has 1 aromatic rings. The zero-order valence-electron chi connectivity index (χ0n) is 9.09. The summed E-state index contributed by atoms with van der Waals surface area (Å²) in [6.45, 7) is 5.73. The van der Waals surface area contributed by atoms with E-state index in [9.17, 15) is 5.11 Å². The Kier molecular flexibility index (Phi) is 3.01. The van der Waals surface area contributed by atoms with Crippen LogP contribution in [0.3, 0.4) is 0 Å². The maximum atomic E-state index is 9.86.